The molecule has 1 heterocycles. The highest BCUT2D eigenvalue weighted by molar-refractivity contribution is 5.76. The molecule has 0 saturated carbocycles. The molecule has 0 aliphatic carbocycles. The lowest BCUT2D eigenvalue weighted by Gasteiger charge is -2.15. The summed E-state index contributed by atoms with van der Waals surface area (Å²) in [5.41, 5.74) is 0.717. The van der Waals surface area contributed by atoms with Gasteiger partial charge in [-0.2, -0.15) is 0 Å². The van der Waals surface area contributed by atoms with E-state index in [1.807, 2.05) is 0 Å². The number of ether oxygens (including phenoxy) is 1. The number of nitrogens with zero attached hydrogens (tertiary/aromatic N) is 1. The Morgan fingerprint density at radius 3 is 2.29 bits per heavy atom. The van der Waals surface area contributed by atoms with Crippen LogP contribution in [0.5, 0.6) is 5.75 Å². The maximum Gasteiger partial charge on any atom is 0.331 e. The van der Waals surface area contributed by atoms with Crippen LogP contribution in [0.2, 0.25) is 0 Å². The van der Waals surface area contributed by atoms with Crippen molar-refractivity contribution in [2.75, 3.05) is 7.11 Å². The van der Waals surface area contributed by atoms with Gasteiger partial charge in [0.1, 0.15) is 5.75 Å². The molecule has 0 spiro atoms. The minimum absolute atomic E-state index is 0.698. The van der Waals surface area contributed by atoms with Gasteiger partial charge in [0, 0.05) is 12.4 Å². The van der Waals surface area contributed by atoms with Crippen molar-refractivity contribution in [1.82, 2.24) is 4.57 Å². The van der Waals surface area contributed by atoms with E-state index in [9.17, 15) is 9.90 Å². The topological polar surface area (TPSA) is 51.5 Å². The highest BCUT2D eigenvalue weighted by atomic mass is 16.5. The number of carboxylic acids is 1. The standard InChI is InChI=1S/C13H13NO3/c1-17-11-6-4-10(5-7-11)12(13(15)16)14-8-2-3-9-14/h2-9,12H,1H3,(H,15,16)/t12-/m1/s1. The number of carboxylic acid groups (broad SMARTS) is 1. The van der Waals surface area contributed by atoms with E-state index in [1.54, 1.807) is 60.5 Å². The molecule has 0 amide bonds. The van der Waals surface area contributed by atoms with Crippen LogP contribution in [-0.4, -0.2) is 22.8 Å². The predicted octanol–water partition coefficient (Wildman–Crippen LogP) is 2.17. The maximum atomic E-state index is 11.3. The first kappa shape index (κ1) is 11.3. The van der Waals surface area contributed by atoms with Crippen LogP contribution < -0.4 is 4.74 Å². The molecule has 1 aromatic heterocycles. The Labute approximate surface area is 99.1 Å². The van der Waals surface area contributed by atoms with Crippen LogP contribution in [0.3, 0.4) is 0 Å². The summed E-state index contributed by atoms with van der Waals surface area (Å²) in [6, 6.07) is 9.95. The van der Waals surface area contributed by atoms with Crippen LogP contribution in [-0.2, 0) is 4.79 Å². The van der Waals surface area contributed by atoms with Crippen molar-refractivity contribution in [3.05, 3.63) is 54.4 Å². The number of rotatable bonds is 4. The largest absolute Gasteiger partial charge is 0.497 e. The number of benzene rings is 1. The highest BCUT2D eigenvalue weighted by Gasteiger charge is 2.20. The molecule has 2 aromatic rings. The Morgan fingerprint density at radius 2 is 1.82 bits per heavy atom. The molecule has 1 aromatic carbocycles. The van der Waals surface area contributed by atoms with Gasteiger partial charge in [0.25, 0.3) is 0 Å². The number of hydrogen-bond donors (Lipinski definition) is 1. The second-order valence-electron chi connectivity index (χ2n) is 3.64. The monoisotopic (exact) mass is 231 g/mol. The number of carbonyl (C=O) groups is 1. The Kier molecular flexibility index (Phi) is 3.14. The van der Waals surface area contributed by atoms with Crippen LogP contribution in [0.25, 0.3) is 0 Å². The molecule has 1 N–H and O–H groups in total. The molecule has 0 radical (unpaired) electrons. The number of aromatic nitrogens is 1. The molecule has 0 saturated heterocycles. The Balaban J connectivity index is 2.36. The Hall–Kier alpha value is -2.23. The third kappa shape index (κ3) is 2.30. The van der Waals surface area contributed by atoms with E-state index >= 15 is 0 Å². The molecule has 0 aliphatic heterocycles. The third-order valence-corrected chi connectivity index (χ3v) is 2.59. The van der Waals surface area contributed by atoms with E-state index in [0.717, 1.165) is 5.56 Å². The van der Waals surface area contributed by atoms with Crippen molar-refractivity contribution in [1.29, 1.82) is 0 Å². The fourth-order valence-electron chi connectivity index (χ4n) is 1.75. The van der Waals surface area contributed by atoms with E-state index in [-0.39, 0.29) is 0 Å². The zero-order valence-electron chi connectivity index (χ0n) is 9.41. The third-order valence-electron chi connectivity index (χ3n) is 2.59. The zero-order chi connectivity index (χ0) is 12.3. The van der Waals surface area contributed by atoms with Crippen LogP contribution >= 0.6 is 0 Å². The van der Waals surface area contributed by atoms with Crippen molar-refractivity contribution < 1.29 is 14.6 Å². The molecular weight excluding hydrogens is 218 g/mol. The second-order valence-corrected chi connectivity index (χ2v) is 3.64. The van der Waals surface area contributed by atoms with Crippen LogP contribution in [0.1, 0.15) is 11.6 Å². The van der Waals surface area contributed by atoms with E-state index in [0.29, 0.717) is 5.75 Å². The molecule has 2 rings (SSSR count). The molecule has 88 valence electrons. The first-order valence-corrected chi connectivity index (χ1v) is 5.21. The molecule has 4 nitrogen and oxygen atoms in total. The molecule has 4 heteroatoms. The van der Waals surface area contributed by atoms with Gasteiger partial charge < -0.3 is 14.4 Å². The molecule has 0 unspecified atom stereocenters. The van der Waals surface area contributed by atoms with Gasteiger partial charge in [0.05, 0.1) is 7.11 Å². The summed E-state index contributed by atoms with van der Waals surface area (Å²) in [4.78, 5) is 11.3. The summed E-state index contributed by atoms with van der Waals surface area (Å²) in [5.74, 6) is -0.170. The quantitative estimate of drug-likeness (QED) is 0.877. The van der Waals surface area contributed by atoms with Gasteiger partial charge in [-0.25, -0.2) is 4.79 Å². The number of aliphatic carboxylic acids is 1. The van der Waals surface area contributed by atoms with Gasteiger partial charge in [-0.1, -0.05) is 12.1 Å². The van der Waals surface area contributed by atoms with Crippen LogP contribution in [0, 0.1) is 0 Å². The van der Waals surface area contributed by atoms with Crippen LogP contribution in [0.4, 0.5) is 0 Å². The summed E-state index contributed by atoms with van der Waals surface area (Å²) in [6.45, 7) is 0. The van der Waals surface area contributed by atoms with Crippen molar-refractivity contribution in [3.63, 3.8) is 0 Å². The van der Waals surface area contributed by atoms with Crippen molar-refractivity contribution in [2.24, 2.45) is 0 Å². The second kappa shape index (κ2) is 4.74. The number of methoxy groups -OCH3 is 1. The smallest absolute Gasteiger partial charge is 0.331 e. The minimum Gasteiger partial charge on any atom is -0.497 e. The summed E-state index contributed by atoms with van der Waals surface area (Å²) in [7, 11) is 1.58. The summed E-state index contributed by atoms with van der Waals surface area (Å²) < 4.78 is 6.70. The zero-order valence-corrected chi connectivity index (χ0v) is 9.41. The van der Waals surface area contributed by atoms with Crippen LogP contribution in [0.15, 0.2) is 48.8 Å². The lowest BCUT2D eigenvalue weighted by molar-refractivity contribution is -0.139. The molecule has 0 aliphatic rings. The van der Waals surface area contributed by atoms with Gasteiger partial charge in [-0.3, -0.25) is 0 Å². The Bertz CT molecular complexity index is 488. The average molecular weight is 231 g/mol. The molecule has 1 atom stereocenters. The van der Waals surface area contributed by atoms with Gasteiger partial charge in [-0.05, 0) is 29.8 Å². The van der Waals surface area contributed by atoms with Gasteiger partial charge >= 0.3 is 5.97 Å². The van der Waals surface area contributed by atoms with Crippen molar-refractivity contribution in [2.45, 2.75) is 6.04 Å². The van der Waals surface area contributed by atoms with E-state index in [2.05, 4.69) is 0 Å². The lowest BCUT2D eigenvalue weighted by Crippen LogP contribution is -2.18. The SMILES string of the molecule is COc1ccc([C@H](C(=O)O)n2cccc2)cc1. The van der Waals surface area contributed by atoms with Gasteiger partial charge in [0.2, 0.25) is 0 Å². The molecule has 0 bridgehead atoms. The molecule has 17 heavy (non-hydrogen) atoms. The maximum absolute atomic E-state index is 11.3. The molecular formula is C13H13NO3. The number of hydrogen-bond acceptors (Lipinski definition) is 2. The van der Waals surface area contributed by atoms with Crippen molar-refractivity contribution >= 4 is 5.97 Å². The van der Waals surface area contributed by atoms with Gasteiger partial charge in [0.15, 0.2) is 6.04 Å². The minimum atomic E-state index is -0.883. The van der Waals surface area contributed by atoms with E-state index < -0.39 is 12.0 Å². The summed E-state index contributed by atoms with van der Waals surface area (Å²) in [5, 5.41) is 9.27. The lowest BCUT2D eigenvalue weighted by atomic mass is 10.1. The van der Waals surface area contributed by atoms with E-state index in [4.69, 9.17) is 4.74 Å². The Morgan fingerprint density at radius 1 is 1.24 bits per heavy atom. The molecule has 0 fully saturated rings. The average Bonchev–Trinajstić information content (AvgIpc) is 2.83. The first-order valence-electron chi connectivity index (χ1n) is 5.21. The fourth-order valence-corrected chi connectivity index (χ4v) is 1.75. The summed E-state index contributed by atoms with van der Waals surface area (Å²) in [6.07, 6.45) is 3.48. The first-order chi connectivity index (χ1) is 8.22. The van der Waals surface area contributed by atoms with Gasteiger partial charge in [-0.15, -0.1) is 0 Å². The normalized spacial score (nSPS) is 12.1. The van der Waals surface area contributed by atoms with Crippen molar-refractivity contribution in [3.8, 4) is 5.75 Å². The highest BCUT2D eigenvalue weighted by Crippen LogP contribution is 2.21. The predicted molar refractivity (Wildman–Crippen MR) is 63.2 cm³/mol. The fraction of sp³-hybridized carbons (Fsp3) is 0.154. The van der Waals surface area contributed by atoms with E-state index in [1.165, 1.54) is 0 Å². The summed E-state index contributed by atoms with van der Waals surface area (Å²) >= 11 is 0.